The lowest BCUT2D eigenvalue weighted by molar-refractivity contribution is 0.201. The molecule has 0 unspecified atom stereocenters. The van der Waals surface area contributed by atoms with E-state index in [0.717, 1.165) is 37.2 Å². The lowest BCUT2D eigenvalue weighted by Gasteiger charge is -2.24. The molecule has 3 aromatic rings. The number of benzene rings is 2. The molecule has 0 saturated heterocycles. The summed E-state index contributed by atoms with van der Waals surface area (Å²) in [5.41, 5.74) is 7.55. The lowest BCUT2D eigenvalue weighted by Crippen LogP contribution is -2.25. The summed E-state index contributed by atoms with van der Waals surface area (Å²) >= 11 is 0. The van der Waals surface area contributed by atoms with E-state index in [2.05, 4.69) is 54.2 Å². The van der Waals surface area contributed by atoms with Crippen molar-refractivity contribution in [3.8, 4) is 11.4 Å². The Kier molecular flexibility index (Phi) is 5.97. The Morgan fingerprint density at radius 1 is 1.14 bits per heavy atom. The van der Waals surface area contributed by atoms with Crippen molar-refractivity contribution in [2.75, 3.05) is 13.2 Å². The monoisotopic (exact) mass is 391 g/mol. The van der Waals surface area contributed by atoms with Crippen LogP contribution in [0.15, 0.2) is 48.7 Å². The van der Waals surface area contributed by atoms with Gasteiger partial charge in [-0.05, 0) is 74.1 Å². The first-order valence-electron chi connectivity index (χ1n) is 10.4. The second-order valence-corrected chi connectivity index (χ2v) is 7.85. The van der Waals surface area contributed by atoms with Crippen molar-refractivity contribution < 1.29 is 9.84 Å². The van der Waals surface area contributed by atoms with Crippen molar-refractivity contribution in [2.45, 2.75) is 45.7 Å². The average Bonchev–Trinajstić information content (AvgIpc) is 3.15. The number of nitrogens with zero attached hydrogens (tertiary/aromatic N) is 2. The third kappa shape index (κ3) is 4.52. The molecule has 29 heavy (non-hydrogen) atoms. The van der Waals surface area contributed by atoms with Crippen molar-refractivity contribution in [2.24, 2.45) is 0 Å². The number of aryl methyl sites for hydroxylation is 2. The van der Waals surface area contributed by atoms with Gasteiger partial charge in [-0.25, -0.2) is 4.68 Å². The Balaban J connectivity index is 1.47. The van der Waals surface area contributed by atoms with E-state index in [9.17, 15) is 0 Å². The Labute approximate surface area is 172 Å². The van der Waals surface area contributed by atoms with E-state index in [0.29, 0.717) is 12.6 Å². The predicted octanol–water partition coefficient (Wildman–Crippen LogP) is 4.03. The second kappa shape index (κ2) is 8.80. The summed E-state index contributed by atoms with van der Waals surface area (Å²) in [6.07, 6.45) is 5.39. The molecule has 5 nitrogen and oxygen atoms in total. The van der Waals surface area contributed by atoms with Crippen LogP contribution in [-0.2, 0) is 13.0 Å². The van der Waals surface area contributed by atoms with Gasteiger partial charge in [-0.2, -0.15) is 5.10 Å². The van der Waals surface area contributed by atoms with E-state index in [4.69, 9.17) is 14.9 Å². The summed E-state index contributed by atoms with van der Waals surface area (Å²) in [7, 11) is 0. The normalized spacial score (nSPS) is 15.9. The van der Waals surface area contributed by atoms with Crippen LogP contribution in [0.1, 0.15) is 46.8 Å². The Hall–Kier alpha value is -2.63. The fraction of sp³-hybridized carbons (Fsp3) is 0.375. The molecule has 0 aliphatic heterocycles. The molecule has 1 aliphatic carbocycles. The zero-order valence-electron chi connectivity index (χ0n) is 17.2. The van der Waals surface area contributed by atoms with E-state index in [1.807, 2.05) is 18.3 Å². The highest BCUT2D eigenvalue weighted by Gasteiger charge is 2.24. The van der Waals surface area contributed by atoms with Crippen LogP contribution in [0.5, 0.6) is 5.75 Å². The zero-order chi connectivity index (χ0) is 20.2. The zero-order valence-corrected chi connectivity index (χ0v) is 17.2. The van der Waals surface area contributed by atoms with Crippen LogP contribution in [0.2, 0.25) is 0 Å². The van der Waals surface area contributed by atoms with E-state index in [1.54, 1.807) is 0 Å². The number of rotatable bonds is 7. The highest BCUT2D eigenvalue weighted by molar-refractivity contribution is 5.42. The second-order valence-electron chi connectivity index (χ2n) is 7.85. The van der Waals surface area contributed by atoms with Crippen molar-refractivity contribution in [3.63, 3.8) is 0 Å². The van der Waals surface area contributed by atoms with Crippen molar-refractivity contribution in [3.05, 3.63) is 76.6 Å². The maximum Gasteiger partial charge on any atom is 0.119 e. The minimum atomic E-state index is 0.0309. The molecule has 0 amide bonds. The quantitative estimate of drug-likeness (QED) is 0.638. The van der Waals surface area contributed by atoms with E-state index < -0.39 is 0 Å². The molecular weight excluding hydrogens is 362 g/mol. The standard InChI is InChI=1S/C24H29N3O2/c1-17-12-18(2)14-20(13-17)27-24-5-3-4-23(22(24)16-26-27)25-15-19-6-8-21(9-7-19)29-11-10-28/h6-9,12-14,16,23,25,28H,3-5,10-11,15H2,1-2H3/t23-/m1/s1. The Morgan fingerprint density at radius 2 is 1.90 bits per heavy atom. The molecule has 1 aromatic heterocycles. The van der Waals surface area contributed by atoms with Crippen LogP contribution >= 0.6 is 0 Å². The number of ether oxygens (including phenoxy) is 1. The summed E-state index contributed by atoms with van der Waals surface area (Å²) in [4.78, 5) is 0. The van der Waals surface area contributed by atoms with Gasteiger partial charge in [0.15, 0.2) is 0 Å². The summed E-state index contributed by atoms with van der Waals surface area (Å²) in [5.74, 6) is 0.789. The van der Waals surface area contributed by atoms with Gasteiger partial charge < -0.3 is 15.2 Å². The van der Waals surface area contributed by atoms with Gasteiger partial charge in [0.05, 0.1) is 18.5 Å². The molecule has 0 bridgehead atoms. The first-order valence-corrected chi connectivity index (χ1v) is 10.4. The molecule has 0 saturated carbocycles. The summed E-state index contributed by atoms with van der Waals surface area (Å²) < 4.78 is 7.55. The third-order valence-electron chi connectivity index (χ3n) is 5.47. The summed E-state index contributed by atoms with van der Waals surface area (Å²) in [6, 6.07) is 15.0. The minimum absolute atomic E-state index is 0.0309. The largest absolute Gasteiger partial charge is 0.491 e. The van der Waals surface area contributed by atoms with E-state index >= 15 is 0 Å². The van der Waals surface area contributed by atoms with Gasteiger partial charge in [0.2, 0.25) is 0 Å². The fourth-order valence-corrected chi connectivity index (χ4v) is 4.17. The van der Waals surface area contributed by atoms with Crippen LogP contribution in [0, 0.1) is 13.8 Å². The van der Waals surface area contributed by atoms with Gasteiger partial charge in [0, 0.05) is 23.8 Å². The first-order chi connectivity index (χ1) is 14.1. The molecule has 152 valence electrons. The summed E-state index contributed by atoms with van der Waals surface area (Å²) in [6.45, 7) is 5.43. The van der Waals surface area contributed by atoms with Gasteiger partial charge >= 0.3 is 0 Å². The highest BCUT2D eigenvalue weighted by atomic mass is 16.5. The SMILES string of the molecule is Cc1cc(C)cc(-n2ncc3c2CCC[C@H]3NCc2ccc(OCCO)cc2)c1. The molecule has 0 spiro atoms. The van der Waals surface area contributed by atoms with Crippen LogP contribution < -0.4 is 10.1 Å². The van der Waals surface area contributed by atoms with E-state index in [1.165, 1.54) is 27.9 Å². The summed E-state index contributed by atoms with van der Waals surface area (Å²) in [5, 5.41) is 17.3. The van der Waals surface area contributed by atoms with Gasteiger partial charge in [-0.1, -0.05) is 18.2 Å². The van der Waals surface area contributed by atoms with Gasteiger partial charge in [-0.15, -0.1) is 0 Å². The number of aliphatic hydroxyl groups excluding tert-OH is 1. The predicted molar refractivity (Wildman–Crippen MR) is 115 cm³/mol. The van der Waals surface area contributed by atoms with Crippen molar-refractivity contribution in [1.82, 2.24) is 15.1 Å². The number of aromatic nitrogens is 2. The number of hydrogen-bond acceptors (Lipinski definition) is 4. The smallest absolute Gasteiger partial charge is 0.119 e. The Bertz CT molecular complexity index is 943. The van der Waals surface area contributed by atoms with Crippen LogP contribution in [0.3, 0.4) is 0 Å². The topological polar surface area (TPSA) is 59.3 Å². The molecular formula is C24H29N3O2. The average molecular weight is 392 g/mol. The number of fused-ring (bicyclic) bond motifs is 1. The van der Waals surface area contributed by atoms with Crippen molar-refractivity contribution >= 4 is 0 Å². The maximum absolute atomic E-state index is 8.85. The molecule has 0 fully saturated rings. The lowest BCUT2D eigenvalue weighted by atomic mass is 9.92. The number of aliphatic hydroxyl groups is 1. The van der Waals surface area contributed by atoms with Gasteiger partial charge in [-0.3, -0.25) is 0 Å². The molecule has 2 N–H and O–H groups in total. The van der Waals surface area contributed by atoms with E-state index in [-0.39, 0.29) is 6.61 Å². The van der Waals surface area contributed by atoms with Crippen LogP contribution in [-0.4, -0.2) is 28.1 Å². The van der Waals surface area contributed by atoms with Gasteiger partial charge in [0.1, 0.15) is 12.4 Å². The number of hydrogen-bond donors (Lipinski definition) is 2. The fourth-order valence-electron chi connectivity index (χ4n) is 4.17. The van der Waals surface area contributed by atoms with Gasteiger partial charge in [0.25, 0.3) is 0 Å². The van der Waals surface area contributed by atoms with Crippen molar-refractivity contribution in [1.29, 1.82) is 0 Å². The molecule has 1 heterocycles. The molecule has 1 aliphatic rings. The minimum Gasteiger partial charge on any atom is -0.491 e. The molecule has 0 radical (unpaired) electrons. The maximum atomic E-state index is 8.85. The third-order valence-corrected chi connectivity index (χ3v) is 5.47. The number of nitrogens with one attached hydrogen (secondary N) is 1. The Morgan fingerprint density at radius 3 is 2.62 bits per heavy atom. The molecule has 4 rings (SSSR count). The molecule has 2 aromatic carbocycles. The van der Waals surface area contributed by atoms with Crippen LogP contribution in [0.25, 0.3) is 5.69 Å². The molecule has 1 atom stereocenters. The highest BCUT2D eigenvalue weighted by Crippen LogP contribution is 2.31. The van der Waals surface area contributed by atoms with Crippen LogP contribution in [0.4, 0.5) is 0 Å². The molecule has 5 heteroatoms. The first kappa shape index (κ1) is 19.7.